The van der Waals surface area contributed by atoms with Crippen molar-refractivity contribution < 1.29 is 9.53 Å². The van der Waals surface area contributed by atoms with Gasteiger partial charge in [-0.25, -0.2) is 9.79 Å². The van der Waals surface area contributed by atoms with Crippen LogP contribution in [0.4, 0.5) is 0 Å². The first-order valence-corrected chi connectivity index (χ1v) is 12.2. The second kappa shape index (κ2) is 8.37. The van der Waals surface area contributed by atoms with Gasteiger partial charge in [-0.15, -0.1) is 23.1 Å². The third kappa shape index (κ3) is 3.59. The summed E-state index contributed by atoms with van der Waals surface area (Å²) in [6.07, 6.45) is 3.92. The largest absolute Gasteiger partial charge is 0.466 e. The quantitative estimate of drug-likeness (QED) is 0.445. The lowest BCUT2D eigenvalue weighted by molar-refractivity contribution is -0.136. The zero-order valence-electron chi connectivity index (χ0n) is 17.0. The standard InChI is InChI=1S/C22H20N2O3S3/c1-12-9-10-29-16(12)11-17-20(25)24-19(14-5-7-15(28-4)8-6-14)18(21(26)27-3)13(2)23-22(24)30-17/h5-11,19H,1-4H3. The molecule has 1 aromatic carbocycles. The lowest BCUT2D eigenvalue weighted by Crippen LogP contribution is -2.39. The van der Waals surface area contributed by atoms with E-state index >= 15 is 0 Å². The van der Waals surface area contributed by atoms with Crippen molar-refractivity contribution in [2.75, 3.05) is 13.4 Å². The molecule has 8 heteroatoms. The molecule has 3 heterocycles. The Labute approximate surface area is 186 Å². The molecule has 0 radical (unpaired) electrons. The van der Waals surface area contributed by atoms with E-state index in [-0.39, 0.29) is 5.56 Å². The molecule has 0 spiro atoms. The van der Waals surface area contributed by atoms with E-state index in [2.05, 4.69) is 4.99 Å². The molecular formula is C22H20N2O3S3. The molecule has 0 aliphatic carbocycles. The highest BCUT2D eigenvalue weighted by molar-refractivity contribution is 7.98. The summed E-state index contributed by atoms with van der Waals surface area (Å²) in [5, 5.41) is 2.01. The molecule has 1 unspecified atom stereocenters. The molecule has 0 saturated heterocycles. The highest BCUT2D eigenvalue weighted by Gasteiger charge is 2.33. The Bertz CT molecular complexity index is 1330. The summed E-state index contributed by atoms with van der Waals surface area (Å²) >= 11 is 4.58. The number of hydrogen-bond donors (Lipinski definition) is 0. The Morgan fingerprint density at radius 1 is 1.23 bits per heavy atom. The average Bonchev–Trinajstić information content (AvgIpc) is 3.29. The third-order valence-corrected chi connectivity index (χ3v) is 7.71. The van der Waals surface area contributed by atoms with E-state index in [9.17, 15) is 9.59 Å². The Kier molecular flexibility index (Phi) is 5.81. The number of aryl methyl sites for hydroxylation is 1. The Balaban J connectivity index is 1.97. The monoisotopic (exact) mass is 456 g/mol. The van der Waals surface area contributed by atoms with E-state index in [1.807, 2.05) is 55.0 Å². The topological polar surface area (TPSA) is 60.7 Å². The van der Waals surface area contributed by atoms with Crippen LogP contribution in [0.2, 0.25) is 0 Å². The van der Waals surface area contributed by atoms with Crippen LogP contribution in [0.3, 0.4) is 0 Å². The molecule has 3 aromatic rings. The number of ether oxygens (including phenoxy) is 1. The second-order valence-corrected chi connectivity index (χ2v) is 9.65. The van der Waals surface area contributed by atoms with Gasteiger partial charge in [0.25, 0.3) is 5.56 Å². The van der Waals surface area contributed by atoms with Crippen molar-refractivity contribution in [2.24, 2.45) is 4.99 Å². The minimum atomic E-state index is -0.573. The molecule has 0 fully saturated rings. The number of esters is 1. The second-order valence-electron chi connectivity index (χ2n) is 6.81. The number of thioether (sulfide) groups is 1. The van der Waals surface area contributed by atoms with Crippen LogP contribution >= 0.6 is 34.4 Å². The van der Waals surface area contributed by atoms with Crippen molar-refractivity contribution in [3.8, 4) is 0 Å². The summed E-state index contributed by atoms with van der Waals surface area (Å²) in [6, 6.07) is 9.36. The van der Waals surface area contributed by atoms with E-state index in [1.54, 1.807) is 34.6 Å². The molecule has 154 valence electrons. The molecule has 4 rings (SSSR count). The number of nitrogens with zero attached hydrogens (tertiary/aromatic N) is 2. The van der Waals surface area contributed by atoms with Gasteiger partial charge in [-0.2, -0.15) is 0 Å². The van der Waals surface area contributed by atoms with Gasteiger partial charge in [0.05, 0.1) is 29.0 Å². The maximum absolute atomic E-state index is 13.4. The fraction of sp³-hybridized carbons (Fsp3) is 0.227. The normalized spacial score (nSPS) is 16.4. The summed E-state index contributed by atoms with van der Waals surface area (Å²) in [5.74, 6) is -0.474. The lowest BCUT2D eigenvalue weighted by Gasteiger charge is -2.24. The lowest BCUT2D eigenvalue weighted by atomic mass is 9.96. The van der Waals surface area contributed by atoms with Crippen LogP contribution in [0.5, 0.6) is 0 Å². The molecule has 0 saturated carbocycles. The van der Waals surface area contributed by atoms with E-state index in [1.165, 1.54) is 18.4 Å². The Morgan fingerprint density at radius 3 is 2.57 bits per heavy atom. The van der Waals surface area contributed by atoms with E-state index in [0.717, 1.165) is 20.9 Å². The van der Waals surface area contributed by atoms with Crippen molar-refractivity contribution in [1.82, 2.24) is 4.57 Å². The highest BCUT2D eigenvalue weighted by Crippen LogP contribution is 2.31. The molecule has 2 aromatic heterocycles. The van der Waals surface area contributed by atoms with Gasteiger partial charge in [-0.05, 0) is 60.9 Å². The highest BCUT2D eigenvalue weighted by atomic mass is 32.2. The fourth-order valence-corrected chi connectivity index (χ4v) is 5.82. The van der Waals surface area contributed by atoms with Crippen LogP contribution in [0.25, 0.3) is 6.08 Å². The van der Waals surface area contributed by atoms with Crippen molar-refractivity contribution in [3.63, 3.8) is 0 Å². The maximum Gasteiger partial charge on any atom is 0.338 e. The number of carbonyl (C=O) groups is 1. The number of thiazole rings is 1. The summed E-state index contributed by atoms with van der Waals surface area (Å²) in [6.45, 7) is 3.81. The molecule has 30 heavy (non-hydrogen) atoms. The summed E-state index contributed by atoms with van der Waals surface area (Å²) in [4.78, 5) is 33.4. The number of aromatic nitrogens is 1. The van der Waals surface area contributed by atoms with Gasteiger partial charge in [-0.1, -0.05) is 23.5 Å². The number of carbonyl (C=O) groups excluding carboxylic acids is 1. The van der Waals surface area contributed by atoms with Gasteiger partial charge in [-0.3, -0.25) is 9.36 Å². The van der Waals surface area contributed by atoms with Crippen LogP contribution < -0.4 is 14.9 Å². The first-order valence-electron chi connectivity index (χ1n) is 9.23. The Hall–Kier alpha value is -2.42. The van der Waals surface area contributed by atoms with Gasteiger partial charge in [0, 0.05) is 9.77 Å². The van der Waals surface area contributed by atoms with Crippen molar-refractivity contribution in [1.29, 1.82) is 0 Å². The first kappa shape index (κ1) is 20.8. The minimum Gasteiger partial charge on any atom is -0.466 e. The molecule has 1 atom stereocenters. The number of fused-ring (bicyclic) bond motifs is 1. The van der Waals surface area contributed by atoms with Crippen molar-refractivity contribution in [3.05, 3.63) is 82.7 Å². The predicted molar refractivity (Wildman–Crippen MR) is 123 cm³/mol. The average molecular weight is 457 g/mol. The maximum atomic E-state index is 13.4. The fourth-order valence-electron chi connectivity index (χ4n) is 3.45. The first-order chi connectivity index (χ1) is 14.4. The number of thiophene rings is 1. The zero-order chi connectivity index (χ0) is 21.4. The van der Waals surface area contributed by atoms with Crippen molar-refractivity contribution >= 4 is 46.5 Å². The molecule has 5 nitrogen and oxygen atoms in total. The van der Waals surface area contributed by atoms with E-state index in [4.69, 9.17) is 4.74 Å². The van der Waals surface area contributed by atoms with E-state index in [0.29, 0.717) is 20.6 Å². The van der Waals surface area contributed by atoms with Crippen LogP contribution in [0.1, 0.15) is 29.0 Å². The van der Waals surface area contributed by atoms with Crippen molar-refractivity contribution in [2.45, 2.75) is 24.8 Å². The number of methoxy groups -OCH3 is 1. The smallest absolute Gasteiger partial charge is 0.338 e. The minimum absolute atomic E-state index is 0.153. The summed E-state index contributed by atoms with van der Waals surface area (Å²) in [5.41, 5.74) is 2.78. The number of hydrogen-bond acceptors (Lipinski definition) is 7. The number of benzene rings is 1. The SMILES string of the molecule is COC(=O)C1=C(C)N=c2sc(=Cc3sccc3C)c(=O)n2C1c1ccc(SC)cc1. The zero-order valence-corrected chi connectivity index (χ0v) is 19.4. The summed E-state index contributed by atoms with van der Waals surface area (Å²) in [7, 11) is 1.35. The Morgan fingerprint density at radius 2 is 1.97 bits per heavy atom. The number of allylic oxidation sites excluding steroid dienone is 1. The molecule has 0 bridgehead atoms. The van der Waals surface area contributed by atoms with Crippen LogP contribution in [-0.2, 0) is 9.53 Å². The number of rotatable bonds is 4. The van der Waals surface area contributed by atoms with Gasteiger partial charge in [0.1, 0.15) is 0 Å². The van der Waals surface area contributed by atoms with Crippen LogP contribution in [0, 0.1) is 6.92 Å². The molecule has 0 N–H and O–H groups in total. The van der Waals surface area contributed by atoms with Crippen LogP contribution in [0.15, 0.2) is 61.7 Å². The van der Waals surface area contributed by atoms with Gasteiger partial charge < -0.3 is 4.74 Å². The molecule has 1 aliphatic rings. The predicted octanol–water partition coefficient (Wildman–Crippen LogP) is 3.50. The molecule has 0 amide bonds. The molecule has 1 aliphatic heterocycles. The molecular weight excluding hydrogens is 436 g/mol. The van der Waals surface area contributed by atoms with Gasteiger partial charge in [0.2, 0.25) is 0 Å². The van der Waals surface area contributed by atoms with Gasteiger partial charge >= 0.3 is 5.97 Å². The summed E-state index contributed by atoms with van der Waals surface area (Å²) < 4.78 is 7.26. The van der Waals surface area contributed by atoms with E-state index < -0.39 is 12.0 Å². The third-order valence-electron chi connectivity index (χ3n) is 5.02. The van der Waals surface area contributed by atoms with Gasteiger partial charge in [0.15, 0.2) is 4.80 Å². The van der Waals surface area contributed by atoms with Crippen LogP contribution in [-0.4, -0.2) is 23.9 Å².